The summed E-state index contributed by atoms with van der Waals surface area (Å²) in [5.41, 5.74) is 0.146. The van der Waals surface area contributed by atoms with Gasteiger partial charge in [0.25, 0.3) is 0 Å². The van der Waals surface area contributed by atoms with Crippen molar-refractivity contribution >= 4 is 5.97 Å². The summed E-state index contributed by atoms with van der Waals surface area (Å²) in [6, 6.07) is 9.48. The average molecular weight is 310 g/mol. The molecular formula is C16H13F3O3. The summed E-state index contributed by atoms with van der Waals surface area (Å²) in [6.45, 7) is 1.47. The molecule has 0 bridgehead atoms. The summed E-state index contributed by atoms with van der Waals surface area (Å²) in [7, 11) is 0. The van der Waals surface area contributed by atoms with Crippen LogP contribution in [0.2, 0.25) is 0 Å². The van der Waals surface area contributed by atoms with Crippen molar-refractivity contribution in [3.8, 4) is 5.75 Å². The van der Waals surface area contributed by atoms with Crippen LogP contribution in [0.4, 0.5) is 13.2 Å². The minimum atomic E-state index is -4.40. The number of aryl methyl sites for hydroxylation is 1. The summed E-state index contributed by atoms with van der Waals surface area (Å²) in [4.78, 5) is 11.1. The van der Waals surface area contributed by atoms with E-state index in [0.29, 0.717) is 11.1 Å². The van der Waals surface area contributed by atoms with E-state index in [2.05, 4.69) is 0 Å². The van der Waals surface area contributed by atoms with Gasteiger partial charge in [-0.05, 0) is 36.8 Å². The third kappa shape index (κ3) is 3.58. The zero-order chi connectivity index (χ0) is 16.3. The molecule has 1 N–H and O–H groups in total. The monoisotopic (exact) mass is 310 g/mol. The van der Waals surface area contributed by atoms with Gasteiger partial charge in [0, 0.05) is 5.56 Å². The molecule has 2 rings (SSSR count). The van der Waals surface area contributed by atoms with Crippen LogP contribution in [-0.2, 0) is 12.8 Å². The van der Waals surface area contributed by atoms with Crippen LogP contribution in [0, 0.1) is 6.92 Å². The van der Waals surface area contributed by atoms with Gasteiger partial charge in [0.15, 0.2) is 0 Å². The van der Waals surface area contributed by atoms with Gasteiger partial charge in [-0.1, -0.05) is 18.2 Å². The van der Waals surface area contributed by atoms with Gasteiger partial charge in [0.2, 0.25) is 0 Å². The number of halogens is 3. The molecule has 0 aliphatic rings. The molecule has 0 saturated carbocycles. The first-order chi connectivity index (χ1) is 10.3. The molecule has 0 unspecified atom stereocenters. The van der Waals surface area contributed by atoms with Crippen molar-refractivity contribution in [2.45, 2.75) is 19.7 Å². The second-order valence-electron chi connectivity index (χ2n) is 4.73. The molecule has 2 aromatic rings. The Morgan fingerprint density at radius 1 is 1.18 bits per heavy atom. The molecule has 0 radical (unpaired) electrons. The molecule has 0 aromatic heterocycles. The number of alkyl halides is 3. The van der Waals surface area contributed by atoms with E-state index in [-0.39, 0.29) is 17.9 Å². The second kappa shape index (κ2) is 6.09. The van der Waals surface area contributed by atoms with Crippen molar-refractivity contribution in [2.24, 2.45) is 0 Å². The van der Waals surface area contributed by atoms with Crippen LogP contribution >= 0.6 is 0 Å². The minimum absolute atomic E-state index is 0.0331. The Kier molecular flexibility index (Phi) is 4.40. The van der Waals surface area contributed by atoms with E-state index in [1.165, 1.54) is 19.1 Å². The van der Waals surface area contributed by atoms with E-state index < -0.39 is 17.7 Å². The van der Waals surface area contributed by atoms with Crippen LogP contribution in [0.3, 0.4) is 0 Å². The smallest absolute Gasteiger partial charge is 0.416 e. The number of hydrogen-bond donors (Lipinski definition) is 1. The summed E-state index contributed by atoms with van der Waals surface area (Å²) in [5, 5.41) is 9.06. The lowest BCUT2D eigenvalue weighted by Crippen LogP contribution is -2.07. The number of rotatable bonds is 4. The van der Waals surface area contributed by atoms with Gasteiger partial charge in [-0.15, -0.1) is 0 Å². The third-order valence-electron chi connectivity index (χ3n) is 3.13. The molecule has 0 amide bonds. The Morgan fingerprint density at radius 2 is 1.86 bits per heavy atom. The number of benzene rings is 2. The largest absolute Gasteiger partial charge is 0.489 e. The molecule has 0 atom stereocenters. The van der Waals surface area contributed by atoms with Crippen LogP contribution in [-0.4, -0.2) is 11.1 Å². The van der Waals surface area contributed by atoms with E-state index in [1.807, 2.05) is 0 Å². The Morgan fingerprint density at radius 3 is 2.45 bits per heavy atom. The fourth-order valence-electron chi connectivity index (χ4n) is 2.00. The number of aromatic carboxylic acids is 1. The molecule has 0 heterocycles. The molecule has 6 heteroatoms. The van der Waals surface area contributed by atoms with E-state index >= 15 is 0 Å². The zero-order valence-corrected chi connectivity index (χ0v) is 11.6. The highest BCUT2D eigenvalue weighted by Gasteiger charge is 2.30. The van der Waals surface area contributed by atoms with Crippen molar-refractivity contribution in [3.63, 3.8) is 0 Å². The number of ether oxygens (including phenoxy) is 1. The molecule has 0 aliphatic heterocycles. The van der Waals surface area contributed by atoms with Crippen LogP contribution in [0.1, 0.15) is 27.0 Å². The lowest BCUT2D eigenvalue weighted by atomic mass is 10.1. The van der Waals surface area contributed by atoms with E-state index in [0.717, 1.165) is 12.1 Å². The normalized spacial score (nSPS) is 11.3. The maximum atomic E-state index is 12.6. The van der Waals surface area contributed by atoms with Gasteiger partial charge in [0.1, 0.15) is 12.4 Å². The highest BCUT2D eigenvalue weighted by Crippen LogP contribution is 2.32. The Bertz CT molecular complexity index is 693. The van der Waals surface area contributed by atoms with Crippen molar-refractivity contribution in [2.75, 3.05) is 0 Å². The number of carbonyl (C=O) groups is 1. The predicted molar refractivity (Wildman–Crippen MR) is 73.9 cm³/mol. The first-order valence-corrected chi connectivity index (χ1v) is 6.41. The lowest BCUT2D eigenvalue weighted by Gasteiger charge is -2.13. The van der Waals surface area contributed by atoms with Gasteiger partial charge in [-0.3, -0.25) is 0 Å². The Hall–Kier alpha value is -2.50. The van der Waals surface area contributed by atoms with Crippen LogP contribution in [0.5, 0.6) is 5.75 Å². The molecule has 0 saturated heterocycles. The van der Waals surface area contributed by atoms with Crippen LogP contribution < -0.4 is 4.74 Å². The molecule has 2 aromatic carbocycles. The molecule has 0 fully saturated rings. The van der Waals surface area contributed by atoms with E-state index in [1.54, 1.807) is 18.2 Å². The molecule has 3 nitrogen and oxygen atoms in total. The van der Waals surface area contributed by atoms with Crippen molar-refractivity contribution in [3.05, 3.63) is 64.7 Å². The average Bonchev–Trinajstić information content (AvgIpc) is 2.45. The fraction of sp³-hybridized carbons (Fsp3) is 0.188. The molecule has 22 heavy (non-hydrogen) atoms. The van der Waals surface area contributed by atoms with Gasteiger partial charge in [-0.2, -0.15) is 13.2 Å². The third-order valence-corrected chi connectivity index (χ3v) is 3.13. The van der Waals surface area contributed by atoms with Gasteiger partial charge < -0.3 is 9.84 Å². The van der Waals surface area contributed by atoms with Crippen LogP contribution in [0.15, 0.2) is 42.5 Å². The highest BCUT2D eigenvalue weighted by molar-refractivity contribution is 5.89. The molecule has 116 valence electrons. The number of hydrogen-bond acceptors (Lipinski definition) is 2. The Labute approximate surface area is 125 Å². The SMILES string of the molecule is Cc1cc(C(F)(F)F)ccc1OCc1ccccc1C(=O)O. The first-order valence-electron chi connectivity index (χ1n) is 6.41. The zero-order valence-electron chi connectivity index (χ0n) is 11.6. The maximum Gasteiger partial charge on any atom is 0.416 e. The Balaban J connectivity index is 2.18. The molecule has 0 aliphatic carbocycles. The molecule has 0 spiro atoms. The van der Waals surface area contributed by atoms with E-state index in [9.17, 15) is 18.0 Å². The van der Waals surface area contributed by atoms with Gasteiger partial charge in [0.05, 0.1) is 11.1 Å². The highest BCUT2D eigenvalue weighted by atomic mass is 19.4. The summed E-state index contributed by atoms with van der Waals surface area (Å²) in [6.07, 6.45) is -4.40. The second-order valence-corrected chi connectivity index (χ2v) is 4.73. The predicted octanol–water partition coefficient (Wildman–Crippen LogP) is 4.29. The molecular weight excluding hydrogens is 297 g/mol. The van der Waals surface area contributed by atoms with Crippen molar-refractivity contribution in [1.29, 1.82) is 0 Å². The fourth-order valence-corrected chi connectivity index (χ4v) is 2.00. The standard InChI is InChI=1S/C16H13F3O3/c1-10-8-12(16(17,18)19)6-7-14(10)22-9-11-4-2-3-5-13(11)15(20)21/h2-8H,9H2,1H3,(H,20,21). The quantitative estimate of drug-likeness (QED) is 0.916. The summed E-state index contributed by atoms with van der Waals surface area (Å²) < 4.78 is 43.2. The van der Waals surface area contributed by atoms with Gasteiger partial charge >= 0.3 is 12.1 Å². The van der Waals surface area contributed by atoms with Crippen molar-refractivity contribution in [1.82, 2.24) is 0 Å². The summed E-state index contributed by atoms with van der Waals surface area (Å²) >= 11 is 0. The first kappa shape index (κ1) is 15.9. The minimum Gasteiger partial charge on any atom is -0.489 e. The lowest BCUT2D eigenvalue weighted by molar-refractivity contribution is -0.137. The topological polar surface area (TPSA) is 46.5 Å². The van der Waals surface area contributed by atoms with Crippen LogP contribution in [0.25, 0.3) is 0 Å². The van der Waals surface area contributed by atoms with E-state index in [4.69, 9.17) is 9.84 Å². The number of carboxylic acid groups (broad SMARTS) is 1. The van der Waals surface area contributed by atoms with Crippen molar-refractivity contribution < 1.29 is 27.8 Å². The summed E-state index contributed by atoms with van der Waals surface area (Å²) in [5.74, 6) is -0.795. The van der Waals surface area contributed by atoms with Gasteiger partial charge in [-0.25, -0.2) is 4.79 Å². The maximum absolute atomic E-state index is 12.6. The number of carboxylic acids is 1.